The third-order valence-corrected chi connectivity index (χ3v) is 7.90. The largest absolute Gasteiger partial charge is 0.324 e. The summed E-state index contributed by atoms with van der Waals surface area (Å²) in [6, 6.07) is 6.52. The molecule has 9 heteroatoms. The van der Waals surface area contributed by atoms with Crippen molar-refractivity contribution in [2.24, 2.45) is 5.92 Å². The zero-order valence-corrected chi connectivity index (χ0v) is 16.1. The molecule has 0 bridgehead atoms. The highest BCUT2D eigenvalue weighted by Gasteiger charge is 2.44. The molecule has 2 aromatic rings. The van der Waals surface area contributed by atoms with Gasteiger partial charge in [0.15, 0.2) is 9.84 Å². The molecule has 1 aliphatic heterocycles. The Balaban J connectivity index is 1.68. The molecule has 1 aromatic carbocycles. The lowest BCUT2D eigenvalue weighted by molar-refractivity contribution is 0.171. The van der Waals surface area contributed by atoms with Gasteiger partial charge < -0.3 is 4.90 Å². The van der Waals surface area contributed by atoms with E-state index in [1.807, 2.05) is 0 Å². The van der Waals surface area contributed by atoms with Crippen molar-refractivity contribution in [2.75, 3.05) is 18.4 Å². The molecule has 0 spiro atoms. The van der Waals surface area contributed by atoms with Crippen molar-refractivity contribution in [3.8, 4) is 0 Å². The van der Waals surface area contributed by atoms with E-state index < -0.39 is 20.4 Å². The van der Waals surface area contributed by atoms with Gasteiger partial charge in [-0.1, -0.05) is 6.07 Å². The van der Waals surface area contributed by atoms with Crippen molar-refractivity contribution < 1.29 is 17.6 Å². The molecule has 0 atom stereocenters. The molecule has 0 radical (unpaired) electrons. The summed E-state index contributed by atoms with van der Waals surface area (Å²) in [5.74, 6) is -0.199. The third kappa shape index (κ3) is 3.83. The Morgan fingerprint density at radius 3 is 2.59 bits per heavy atom. The number of nitrogens with zero attached hydrogens (tertiary/aromatic N) is 2. The van der Waals surface area contributed by atoms with Crippen molar-refractivity contribution in [3.05, 3.63) is 42.3 Å². The minimum absolute atomic E-state index is 0.00748. The molecule has 7 nitrogen and oxygen atoms in total. The Labute approximate surface area is 157 Å². The number of likely N-dealkylation sites (tertiary alicyclic amines) is 1. The summed E-state index contributed by atoms with van der Waals surface area (Å²) in [6.45, 7) is 4.26. The molecular weight excluding hydrogens is 371 g/mol. The molecule has 3 rings (SSSR count). The Hall–Kier alpha value is -2.42. The summed E-state index contributed by atoms with van der Waals surface area (Å²) in [4.78, 5) is 13.9. The van der Waals surface area contributed by atoms with Gasteiger partial charge in [-0.05, 0) is 50.8 Å². The fraction of sp³-hybridized carbons (Fsp3) is 0.444. The van der Waals surface area contributed by atoms with Gasteiger partial charge in [0.25, 0.3) is 0 Å². The maximum atomic E-state index is 13.5. The third-order valence-electron chi connectivity index (χ3n) is 5.31. The maximum Gasteiger partial charge on any atom is 0.322 e. The average Bonchev–Trinajstić information content (AvgIpc) is 3.14. The second-order valence-corrected chi connectivity index (χ2v) is 9.76. The Morgan fingerprint density at radius 2 is 2.00 bits per heavy atom. The highest BCUT2D eigenvalue weighted by atomic mass is 32.2. The van der Waals surface area contributed by atoms with Crippen LogP contribution in [0.25, 0.3) is 0 Å². The highest BCUT2D eigenvalue weighted by Crippen LogP contribution is 2.38. The van der Waals surface area contributed by atoms with E-state index >= 15 is 0 Å². The first-order chi connectivity index (χ1) is 12.7. The Morgan fingerprint density at radius 1 is 1.30 bits per heavy atom. The van der Waals surface area contributed by atoms with E-state index in [2.05, 4.69) is 15.5 Å². The lowest BCUT2D eigenvalue weighted by Crippen LogP contribution is -2.48. The van der Waals surface area contributed by atoms with Gasteiger partial charge in [0.1, 0.15) is 11.6 Å². The molecule has 2 heterocycles. The summed E-state index contributed by atoms with van der Waals surface area (Å²) in [5.41, 5.74) is 0. The Kier molecular flexibility index (Phi) is 5.23. The van der Waals surface area contributed by atoms with Crippen LogP contribution < -0.4 is 5.32 Å². The predicted molar refractivity (Wildman–Crippen MR) is 99.6 cm³/mol. The second-order valence-electron chi connectivity index (χ2n) is 7.23. The summed E-state index contributed by atoms with van der Waals surface area (Å²) in [5, 5.41) is 9.16. The number of benzene rings is 1. The summed E-state index contributed by atoms with van der Waals surface area (Å²) in [6.07, 6.45) is 2.65. The van der Waals surface area contributed by atoms with Crippen LogP contribution in [-0.4, -0.2) is 47.4 Å². The van der Waals surface area contributed by atoms with Gasteiger partial charge in [-0.25, -0.2) is 17.6 Å². The van der Waals surface area contributed by atoms with Crippen LogP contribution in [0.2, 0.25) is 0 Å². The number of rotatable bonds is 4. The molecule has 2 amide bonds. The average molecular weight is 394 g/mol. The number of nitrogens with one attached hydrogen (secondary N) is 2. The van der Waals surface area contributed by atoms with Crippen LogP contribution in [-0.2, 0) is 9.84 Å². The number of hydrogen-bond acceptors (Lipinski definition) is 4. The molecule has 0 saturated carbocycles. The SMILES string of the molecule is CC(C)(C1CCN(C(=O)Nc2ccn[nH]2)CC1)S(=O)(=O)c1cccc(F)c1. The first-order valence-corrected chi connectivity index (χ1v) is 10.3. The quantitative estimate of drug-likeness (QED) is 0.833. The topological polar surface area (TPSA) is 95.2 Å². The monoisotopic (exact) mass is 394 g/mol. The number of carbonyl (C=O) groups is 1. The normalized spacial score (nSPS) is 16.3. The van der Waals surface area contributed by atoms with Crippen molar-refractivity contribution in [3.63, 3.8) is 0 Å². The van der Waals surface area contributed by atoms with Gasteiger partial charge in [-0.2, -0.15) is 5.10 Å². The molecule has 1 saturated heterocycles. The summed E-state index contributed by atoms with van der Waals surface area (Å²) >= 11 is 0. The molecular formula is C18H23FN4O3S. The van der Waals surface area contributed by atoms with Crippen molar-refractivity contribution >= 4 is 21.7 Å². The molecule has 27 heavy (non-hydrogen) atoms. The van der Waals surface area contributed by atoms with Crippen molar-refractivity contribution in [2.45, 2.75) is 36.3 Å². The van der Waals surface area contributed by atoms with E-state index in [1.54, 1.807) is 31.0 Å². The van der Waals surface area contributed by atoms with E-state index in [0.29, 0.717) is 31.7 Å². The van der Waals surface area contributed by atoms with Crippen molar-refractivity contribution in [1.29, 1.82) is 0 Å². The van der Waals surface area contributed by atoms with Crippen LogP contribution in [0, 0.1) is 11.7 Å². The second kappa shape index (κ2) is 7.30. The van der Waals surface area contributed by atoms with E-state index in [1.165, 1.54) is 18.2 Å². The van der Waals surface area contributed by atoms with E-state index in [9.17, 15) is 17.6 Å². The molecule has 0 unspecified atom stereocenters. The number of aromatic amines is 1. The zero-order chi connectivity index (χ0) is 19.7. The highest BCUT2D eigenvalue weighted by molar-refractivity contribution is 7.92. The van der Waals surface area contributed by atoms with Gasteiger partial charge in [0.05, 0.1) is 15.8 Å². The van der Waals surface area contributed by atoms with Crippen LogP contribution >= 0.6 is 0 Å². The first-order valence-electron chi connectivity index (χ1n) is 8.77. The predicted octanol–water partition coefficient (Wildman–Crippen LogP) is 3.05. The molecule has 1 aliphatic rings. The number of hydrogen-bond donors (Lipinski definition) is 2. The number of halogens is 1. The number of carbonyl (C=O) groups excluding carboxylic acids is 1. The fourth-order valence-corrected chi connectivity index (χ4v) is 5.26. The maximum absolute atomic E-state index is 13.5. The summed E-state index contributed by atoms with van der Waals surface area (Å²) < 4.78 is 38.6. The number of amides is 2. The summed E-state index contributed by atoms with van der Waals surface area (Å²) in [7, 11) is -3.71. The van der Waals surface area contributed by atoms with Crippen LogP contribution in [0.3, 0.4) is 0 Å². The molecule has 0 aliphatic carbocycles. The van der Waals surface area contributed by atoms with Gasteiger partial charge in [0, 0.05) is 19.2 Å². The van der Waals surface area contributed by atoms with E-state index in [4.69, 9.17) is 0 Å². The lowest BCUT2D eigenvalue weighted by atomic mass is 9.86. The number of piperidine rings is 1. The van der Waals surface area contributed by atoms with Gasteiger partial charge in [-0.15, -0.1) is 0 Å². The zero-order valence-electron chi connectivity index (χ0n) is 15.3. The van der Waals surface area contributed by atoms with Gasteiger partial charge in [0.2, 0.25) is 0 Å². The number of urea groups is 1. The first kappa shape index (κ1) is 19.3. The van der Waals surface area contributed by atoms with Crippen LogP contribution in [0.5, 0.6) is 0 Å². The smallest absolute Gasteiger partial charge is 0.322 e. The Bertz CT molecular complexity index is 904. The minimum atomic E-state index is -3.71. The number of anilines is 1. The molecule has 2 N–H and O–H groups in total. The van der Waals surface area contributed by atoms with Gasteiger partial charge >= 0.3 is 6.03 Å². The van der Waals surface area contributed by atoms with Crippen LogP contribution in [0.1, 0.15) is 26.7 Å². The minimum Gasteiger partial charge on any atom is -0.324 e. The number of H-pyrrole nitrogens is 1. The van der Waals surface area contributed by atoms with Crippen LogP contribution in [0.4, 0.5) is 15.0 Å². The number of sulfone groups is 1. The van der Waals surface area contributed by atoms with Gasteiger partial charge in [-0.3, -0.25) is 10.4 Å². The standard InChI is InChI=1S/C18H23FN4O3S/c1-18(2,27(25,26)15-5-3-4-14(19)12-15)13-7-10-23(11-8-13)17(24)21-16-6-9-20-22-16/h3-6,9,12-13H,7-8,10-11H2,1-2H3,(H2,20,21,22,24). The van der Waals surface area contributed by atoms with E-state index in [-0.39, 0.29) is 16.8 Å². The van der Waals surface area contributed by atoms with Crippen molar-refractivity contribution in [1.82, 2.24) is 15.1 Å². The molecule has 1 fully saturated rings. The van der Waals surface area contributed by atoms with Crippen LogP contribution in [0.15, 0.2) is 41.4 Å². The van der Waals surface area contributed by atoms with E-state index in [0.717, 1.165) is 6.07 Å². The lowest BCUT2D eigenvalue weighted by Gasteiger charge is -2.40. The molecule has 146 valence electrons. The fourth-order valence-electron chi connectivity index (χ4n) is 3.45. The molecule has 1 aromatic heterocycles. The number of aromatic nitrogens is 2.